The van der Waals surface area contributed by atoms with Crippen molar-refractivity contribution in [3.05, 3.63) is 30.3 Å². The van der Waals surface area contributed by atoms with Crippen molar-refractivity contribution >= 4 is 5.69 Å². The number of anilines is 1. The zero-order valence-corrected chi connectivity index (χ0v) is 10.1. The Morgan fingerprint density at radius 2 is 2.06 bits per heavy atom. The Bertz CT molecular complexity index is 323. The van der Waals surface area contributed by atoms with Crippen molar-refractivity contribution < 1.29 is 0 Å². The fourth-order valence-electron chi connectivity index (χ4n) is 2.76. The van der Waals surface area contributed by atoms with Gasteiger partial charge in [0.2, 0.25) is 0 Å². The van der Waals surface area contributed by atoms with Crippen LogP contribution in [-0.2, 0) is 0 Å². The Balaban J connectivity index is 2.15. The molecule has 0 aromatic heterocycles. The molecule has 88 valence electrons. The maximum absolute atomic E-state index is 6.01. The van der Waals surface area contributed by atoms with E-state index in [0.717, 1.165) is 6.54 Å². The zero-order chi connectivity index (χ0) is 11.4. The van der Waals surface area contributed by atoms with Gasteiger partial charge in [0.1, 0.15) is 0 Å². The van der Waals surface area contributed by atoms with Crippen molar-refractivity contribution in [3.8, 4) is 0 Å². The lowest BCUT2D eigenvalue weighted by molar-refractivity contribution is 0.235. The molecule has 0 radical (unpaired) electrons. The topological polar surface area (TPSA) is 38.0 Å². The quantitative estimate of drug-likeness (QED) is 0.818. The summed E-state index contributed by atoms with van der Waals surface area (Å²) >= 11 is 0. The first kappa shape index (κ1) is 11.5. The molecule has 1 aromatic rings. The highest BCUT2D eigenvalue weighted by atomic mass is 15.0. The van der Waals surface area contributed by atoms with E-state index in [-0.39, 0.29) is 5.54 Å². The van der Waals surface area contributed by atoms with Crippen LogP contribution in [0.3, 0.4) is 0 Å². The van der Waals surface area contributed by atoms with Gasteiger partial charge in [0.15, 0.2) is 0 Å². The smallest absolute Gasteiger partial charge is 0.0521 e. The molecule has 0 spiro atoms. The van der Waals surface area contributed by atoms with Gasteiger partial charge in [-0.05, 0) is 30.9 Å². The van der Waals surface area contributed by atoms with Crippen LogP contribution in [0.15, 0.2) is 30.3 Å². The van der Waals surface area contributed by atoms with Gasteiger partial charge < -0.3 is 11.1 Å². The van der Waals surface area contributed by atoms with Gasteiger partial charge in [-0.15, -0.1) is 0 Å². The predicted octanol–water partition coefficient (Wildman–Crippen LogP) is 3.01. The van der Waals surface area contributed by atoms with E-state index in [0.29, 0.717) is 5.92 Å². The minimum Gasteiger partial charge on any atom is -0.378 e. The Hall–Kier alpha value is -1.02. The largest absolute Gasteiger partial charge is 0.378 e. The number of nitrogens with one attached hydrogen (secondary N) is 1. The SMILES string of the molecule is CC1CCCCC1(CN)Nc1ccccc1. The second-order valence-electron chi connectivity index (χ2n) is 5.00. The van der Waals surface area contributed by atoms with Crippen LogP contribution in [0.25, 0.3) is 0 Å². The minimum absolute atomic E-state index is 0.111. The lowest BCUT2D eigenvalue weighted by atomic mass is 9.73. The van der Waals surface area contributed by atoms with Gasteiger partial charge in [0, 0.05) is 12.2 Å². The molecule has 16 heavy (non-hydrogen) atoms. The van der Waals surface area contributed by atoms with Crippen LogP contribution >= 0.6 is 0 Å². The van der Waals surface area contributed by atoms with Crippen molar-refractivity contribution in [1.82, 2.24) is 0 Å². The van der Waals surface area contributed by atoms with Gasteiger partial charge in [0.25, 0.3) is 0 Å². The summed E-state index contributed by atoms with van der Waals surface area (Å²) in [5.41, 5.74) is 7.32. The van der Waals surface area contributed by atoms with Crippen LogP contribution in [0.4, 0.5) is 5.69 Å². The summed E-state index contributed by atoms with van der Waals surface area (Å²) in [6.45, 7) is 3.05. The molecule has 0 saturated heterocycles. The molecular formula is C14H22N2. The number of hydrogen-bond donors (Lipinski definition) is 2. The molecule has 2 nitrogen and oxygen atoms in total. The maximum Gasteiger partial charge on any atom is 0.0521 e. The summed E-state index contributed by atoms with van der Waals surface area (Å²) in [6, 6.07) is 10.4. The molecule has 2 heteroatoms. The van der Waals surface area contributed by atoms with Crippen molar-refractivity contribution in [2.45, 2.75) is 38.1 Å². The van der Waals surface area contributed by atoms with Crippen molar-refractivity contribution in [3.63, 3.8) is 0 Å². The molecule has 2 atom stereocenters. The first-order valence-corrected chi connectivity index (χ1v) is 6.30. The van der Waals surface area contributed by atoms with E-state index < -0.39 is 0 Å². The fourth-order valence-corrected chi connectivity index (χ4v) is 2.76. The monoisotopic (exact) mass is 218 g/mol. The molecule has 0 bridgehead atoms. The molecule has 0 aliphatic heterocycles. The van der Waals surface area contributed by atoms with Crippen molar-refractivity contribution in [2.24, 2.45) is 11.7 Å². The number of nitrogens with two attached hydrogens (primary N) is 1. The van der Waals surface area contributed by atoms with Crippen molar-refractivity contribution in [2.75, 3.05) is 11.9 Å². The van der Waals surface area contributed by atoms with Crippen LogP contribution in [0.5, 0.6) is 0 Å². The minimum atomic E-state index is 0.111. The van der Waals surface area contributed by atoms with Gasteiger partial charge in [-0.25, -0.2) is 0 Å². The predicted molar refractivity (Wildman–Crippen MR) is 69.5 cm³/mol. The van der Waals surface area contributed by atoms with E-state index in [1.807, 2.05) is 6.07 Å². The first-order chi connectivity index (χ1) is 7.77. The zero-order valence-electron chi connectivity index (χ0n) is 10.1. The van der Waals surface area contributed by atoms with Gasteiger partial charge in [-0.3, -0.25) is 0 Å². The lowest BCUT2D eigenvalue weighted by Crippen LogP contribution is -2.52. The summed E-state index contributed by atoms with van der Waals surface area (Å²) < 4.78 is 0. The van der Waals surface area contributed by atoms with E-state index >= 15 is 0 Å². The maximum atomic E-state index is 6.01. The standard InChI is InChI=1S/C14H22N2/c1-12-7-5-6-10-14(12,11-15)16-13-8-3-2-4-9-13/h2-4,8-9,12,16H,5-7,10-11,15H2,1H3. The summed E-state index contributed by atoms with van der Waals surface area (Å²) in [5, 5.41) is 3.67. The molecule has 2 rings (SSSR count). The van der Waals surface area contributed by atoms with E-state index in [4.69, 9.17) is 5.73 Å². The van der Waals surface area contributed by atoms with Crippen LogP contribution in [0.1, 0.15) is 32.6 Å². The average molecular weight is 218 g/mol. The molecule has 0 amide bonds. The number of para-hydroxylation sites is 1. The normalized spacial score (nSPS) is 30.0. The molecule has 0 heterocycles. The molecule has 1 aliphatic carbocycles. The molecular weight excluding hydrogens is 196 g/mol. The second-order valence-corrected chi connectivity index (χ2v) is 5.00. The Morgan fingerprint density at radius 3 is 2.69 bits per heavy atom. The third-order valence-corrected chi connectivity index (χ3v) is 3.98. The molecule has 2 unspecified atom stereocenters. The third-order valence-electron chi connectivity index (χ3n) is 3.98. The van der Waals surface area contributed by atoms with E-state index in [2.05, 4.69) is 36.5 Å². The Kier molecular flexibility index (Phi) is 3.49. The third kappa shape index (κ3) is 2.22. The Morgan fingerprint density at radius 1 is 1.31 bits per heavy atom. The highest BCUT2D eigenvalue weighted by Gasteiger charge is 2.36. The number of benzene rings is 1. The number of rotatable bonds is 3. The lowest BCUT2D eigenvalue weighted by Gasteiger charge is -2.43. The molecule has 3 N–H and O–H groups in total. The van der Waals surface area contributed by atoms with Crippen LogP contribution in [-0.4, -0.2) is 12.1 Å². The summed E-state index contributed by atoms with van der Waals surface area (Å²) in [4.78, 5) is 0. The van der Waals surface area contributed by atoms with Crippen LogP contribution in [0, 0.1) is 5.92 Å². The average Bonchev–Trinajstić information content (AvgIpc) is 2.34. The van der Waals surface area contributed by atoms with Crippen molar-refractivity contribution in [1.29, 1.82) is 0 Å². The highest BCUT2D eigenvalue weighted by molar-refractivity contribution is 5.45. The van der Waals surface area contributed by atoms with Gasteiger partial charge in [-0.2, -0.15) is 0 Å². The highest BCUT2D eigenvalue weighted by Crippen LogP contribution is 2.35. The second kappa shape index (κ2) is 4.88. The molecule has 1 aromatic carbocycles. The fraction of sp³-hybridized carbons (Fsp3) is 0.571. The van der Waals surface area contributed by atoms with Crippen LogP contribution < -0.4 is 11.1 Å². The summed E-state index contributed by atoms with van der Waals surface area (Å²) in [6.07, 6.45) is 5.12. The van der Waals surface area contributed by atoms with Gasteiger partial charge in [-0.1, -0.05) is 38.0 Å². The van der Waals surface area contributed by atoms with E-state index in [1.54, 1.807) is 0 Å². The van der Waals surface area contributed by atoms with Gasteiger partial charge in [0.05, 0.1) is 5.54 Å². The van der Waals surface area contributed by atoms with Crippen LogP contribution in [0.2, 0.25) is 0 Å². The molecule has 1 fully saturated rings. The summed E-state index contributed by atoms with van der Waals surface area (Å²) in [5.74, 6) is 0.659. The molecule has 1 saturated carbocycles. The number of hydrogen-bond acceptors (Lipinski definition) is 2. The Labute approximate surface area is 98.2 Å². The van der Waals surface area contributed by atoms with Gasteiger partial charge >= 0.3 is 0 Å². The first-order valence-electron chi connectivity index (χ1n) is 6.30. The van der Waals surface area contributed by atoms with E-state index in [9.17, 15) is 0 Å². The van der Waals surface area contributed by atoms with E-state index in [1.165, 1.54) is 31.4 Å². The molecule has 1 aliphatic rings. The summed E-state index contributed by atoms with van der Waals surface area (Å²) in [7, 11) is 0.